The number of aromatic nitrogens is 2. The summed E-state index contributed by atoms with van der Waals surface area (Å²) in [7, 11) is 0. The number of aryl methyl sites for hydroxylation is 1. The first-order valence-electron chi connectivity index (χ1n) is 3.95. The molecule has 1 aromatic rings. The van der Waals surface area contributed by atoms with Gasteiger partial charge in [0, 0.05) is 11.8 Å². The average Bonchev–Trinajstić information content (AvgIpc) is 2.09. The van der Waals surface area contributed by atoms with E-state index in [-0.39, 0.29) is 5.56 Å². The zero-order valence-corrected chi connectivity index (χ0v) is 8.42. The number of hydrogen-bond acceptors (Lipinski definition) is 3. The summed E-state index contributed by atoms with van der Waals surface area (Å²) in [5.41, 5.74) is 1.66. The average molecular weight is 196 g/mol. The van der Waals surface area contributed by atoms with Crippen molar-refractivity contribution in [3.63, 3.8) is 0 Å². The minimum Gasteiger partial charge on any atom is -0.268 e. The Morgan fingerprint density at radius 1 is 1.77 bits per heavy atom. The molecule has 0 radical (unpaired) electrons. The SMILES string of the molecule is C=C(CS)Cn1ncc(C)cc1=O. The van der Waals surface area contributed by atoms with Crippen molar-refractivity contribution < 1.29 is 0 Å². The van der Waals surface area contributed by atoms with E-state index in [4.69, 9.17) is 0 Å². The highest BCUT2D eigenvalue weighted by molar-refractivity contribution is 7.80. The van der Waals surface area contributed by atoms with Gasteiger partial charge in [0.2, 0.25) is 0 Å². The van der Waals surface area contributed by atoms with Crippen molar-refractivity contribution in [1.29, 1.82) is 0 Å². The summed E-state index contributed by atoms with van der Waals surface area (Å²) in [4.78, 5) is 11.3. The van der Waals surface area contributed by atoms with Crippen LogP contribution in [0.1, 0.15) is 5.56 Å². The number of nitrogens with zero attached hydrogens (tertiary/aromatic N) is 2. The highest BCUT2D eigenvalue weighted by Crippen LogP contribution is 1.95. The molecule has 0 saturated carbocycles. The van der Waals surface area contributed by atoms with Crippen LogP contribution in [0.4, 0.5) is 0 Å². The van der Waals surface area contributed by atoms with Crippen LogP contribution in [0.5, 0.6) is 0 Å². The Hall–Kier alpha value is -1.03. The maximum Gasteiger partial charge on any atom is 0.267 e. The molecule has 0 amide bonds. The van der Waals surface area contributed by atoms with Gasteiger partial charge in [-0.25, -0.2) is 4.68 Å². The molecule has 0 aromatic carbocycles. The van der Waals surface area contributed by atoms with Crippen LogP contribution < -0.4 is 5.56 Å². The molecule has 0 saturated heterocycles. The molecule has 0 N–H and O–H groups in total. The van der Waals surface area contributed by atoms with Crippen molar-refractivity contribution in [3.8, 4) is 0 Å². The van der Waals surface area contributed by atoms with E-state index in [9.17, 15) is 4.79 Å². The van der Waals surface area contributed by atoms with Crippen LogP contribution in [-0.4, -0.2) is 15.5 Å². The van der Waals surface area contributed by atoms with Crippen molar-refractivity contribution in [1.82, 2.24) is 9.78 Å². The highest BCUT2D eigenvalue weighted by atomic mass is 32.1. The monoisotopic (exact) mass is 196 g/mol. The third-order valence-electron chi connectivity index (χ3n) is 1.60. The molecule has 0 aliphatic heterocycles. The Morgan fingerprint density at radius 3 is 3.00 bits per heavy atom. The van der Waals surface area contributed by atoms with Crippen molar-refractivity contribution in [2.24, 2.45) is 0 Å². The fourth-order valence-corrected chi connectivity index (χ4v) is 1.00. The predicted octanol–water partition coefficient (Wildman–Crippen LogP) is 1.04. The summed E-state index contributed by atoms with van der Waals surface area (Å²) in [6.07, 6.45) is 1.66. The molecule has 0 fully saturated rings. The zero-order chi connectivity index (χ0) is 9.84. The maximum atomic E-state index is 11.3. The minimum atomic E-state index is -0.0945. The molecule has 1 heterocycles. The van der Waals surface area contributed by atoms with Gasteiger partial charge in [-0.05, 0) is 18.1 Å². The number of rotatable bonds is 3. The first-order chi connectivity index (χ1) is 6.13. The van der Waals surface area contributed by atoms with E-state index >= 15 is 0 Å². The van der Waals surface area contributed by atoms with Crippen molar-refractivity contribution in [2.45, 2.75) is 13.5 Å². The fraction of sp³-hybridized carbons (Fsp3) is 0.333. The molecule has 0 aliphatic carbocycles. The molecule has 0 aliphatic rings. The summed E-state index contributed by atoms with van der Waals surface area (Å²) in [6, 6.07) is 1.55. The van der Waals surface area contributed by atoms with Gasteiger partial charge >= 0.3 is 0 Å². The van der Waals surface area contributed by atoms with Gasteiger partial charge in [0.1, 0.15) is 0 Å². The lowest BCUT2D eigenvalue weighted by atomic mass is 10.3. The van der Waals surface area contributed by atoms with Gasteiger partial charge in [-0.2, -0.15) is 17.7 Å². The van der Waals surface area contributed by atoms with Gasteiger partial charge in [-0.15, -0.1) is 0 Å². The number of hydrogen-bond donors (Lipinski definition) is 1. The Morgan fingerprint density at radius 2 is 2.46 bits per heavy atom. The summed E-state index contributed by atoms with van der Waals surface area (Å²) < 4.78 is 1.38. The van der Waals surface area contributed by atoms with Crippen LogP contribution in [-0.2, 0) is 6.54 Å². The lowest BCUT2D eigenvalue weighted by Gasteiger charge is -2.04. The third kappa shape index (κ3) is 2.73. The molecular formula is C9H12N2OS. The second-order valence-electron chi connectivity index (χ2n) is 2.94. The Labute approximate surface area is 82.5 Å². The standard InChI is InChI=1S/C9H12N2OS/c1-7-3-9(12)11(10-4-7)5-8(2)6-13/h3-4,13H,2,5-6H2,1H3. The van der Waals surface area contributed by atoms with Crippen LogP contribution in [0, 0.1) is 6.92 Å². The highest BCUT2D eigenvalue weighted by Gasteiger charge is 1.98. The summed E-state index contributed by atoms with van der Waals surface area (Å²) in [6.45, 7) is 6.04. The molecule has 70 valence electrons. The van der Waals surface area contributed by atoms with Gasteiger partial charge in [0.05, 0.1) is 12.7 Å². The second-order valence-corrected chi connectivity index (χ2v) is 3.25. The van der Waals surface area contributed by atoms with Crippen molar-refractivity contribution in [3.05, 3.63) is 40.3 Å². The molecular weight excluding hydrogens is 184 g/mol. The largest absolute Gasteiger partial charge is 0.268 e. The third-order valence-corrected chi connectivity index (χ3v) is 2.05. The molecule has 0 bridgehead atoms. The van der Waals surface area contributed by atoms with Crippen LogP contribution in [0.15, 0.2) is 29.2 Å². The number of thiol groups is 1. The summed E-state index contributed by atoms with van der Waals surface area (Å²) >= 11 is 4.06. The topological polar surface area (TPSA) is 34.9 Å². The van der Waals surface area contributed by atoms with E-state index < -0.39 is 0 Å². The summed E-state index contributed by atoms with van der Waals surface area (Å²) in [5.74, 6) is 0.571. The Kier molecular flexibility index (Phi) is 3.31. The van der Waals surface area contributed by atoms with E-state index in [1.165, 1.54) is 4.68 Å². The molecule has 13 heavy (non-hydrogen) atoms. The van der Waals surface area contributed by atoms with E-state index in [1.807, 2.05) is 6.92 Å². The van der Waals surface area contributed by atoms with Gasteiger partial charge in [-0.1, -0.05) is 6.58 Å². The molecule has 1 rings (SSSR count). The Balaban J connectivity index is 2.90. The molecule has 0 unspecified atom stereocenters. The van der Waals surface area contributed by atoms with Crippen LogP contribution in [0.25, 0.3) is 0 Å². The van der Waals surface area contributed by atoms with Crippen molar-refractivity contribution in [2.75, 3.05) is 5.75 Å². The minimum absolute atomic E-state index is 0.0945. The maximum absolute atomic E-state index is 11.3. The van der Waals surface area contributed by atoms with Gasteiger partial charge < -0.3 is 0 Å². The van der Waals surface area contributed by atoms with Gasteiger partial charge in [-0.3, -0.25) is 4.79 Å². The van der Waals surface area contributed by atoms with Crippen molar-refractivity contribution >= 4 is 12.6 Å². The fourth-order valence-electron chi connectivity index (χ4n) is 0.905. The molecule has 3 nitrogen and oxygen atoms in total. The lowest BCUT2D eigenvalue weighted by molar-refractivity contribution is 0.631. The van der Waals surface area contributed by atoms with Crippen LogP contribution in [0.2, 0.25) is 0 Å². The van der Waals surface area contributed by atoms with Crippen LogP contribution in [0.3, 0.4) is 0 Å². The van der Waals surface area contributed by atoms with Gasteiger partial charge in [0.15, 0.2) is 0 Å². The summed E-state index contributed by atoms with van der Waals surface area (Å²) in [5, 5.41) is 3.98. The first-order valence-corrected chi connectivity index (χ1v) is 4.58. The lowest BCUT2D eigenvalue weighted by Crippen LogP contribution is -2.23. The quantitative estimate of drug-likeness (QED) is 0.579. The molecule has 0 spiro atoms. The molecule has 4 heteroatoms. The predicted molar refractivity (Wildman–Crippen MR) is 56.2 cm³/mol. The van der Waals surface area contributed by atoms with E-state index in [1.54, 1.807) is 12.3 Å². The normalized spacial score (nSPS) is 10.0. The van der Waals surface area contributed by atoms with E-state index in [2.05, 4.69) is 24.3 Å². The molecule has 0 atom stereocenters. The second kappa shape index (κ2) is 4.28. The smallest absolute Gasteiger partial charge is 0.267 e. The Bertz CT molecular complexity index is 370. The first kappa shape index (κ1) is 10.1. The van der Waals surface area contributed by atoms with E-state index in [0.717, 1.165) is 11.1 Å². The van der Waals surface area contributed by atoms with E-state index in [0.29, 0.717) is 12.3 Å². The zero-order valence-electron chi connectivity index (χ0n) is 7.53. The van der Waals surface area contributed by atoms with Crippen LogP contribution >= 0.6 is 12.6 Å². The molecule has 1 aromatic heterocycles. The van der Waals surface area contributed by atoms with Gasteiger partial charge in [0.25, 0.3) is 5.56 Å².